The van der Waals surface area contributed by atoms with E-state index in [1.165, 1.54) is 23.1 Å². The largest absolute Gasteiger partial charge is 0.494 e. The molecule has 2 aromatic carbocycles. The summed E-state index contributed by atoms with van der Waals surface area (Å²) in [6.07, 6.45) is 4.37. The van der Waals surface area contributed by atoms with Gasteiger partial charge in [-0.1, -0.05) is 18.7 Å². The third-order valence-electron chi connectivity index (χ3n) is 6.29. The summed E-state index contributed by atoms with van der Waals surface area (Å²) in [5.74, 6) is 2.52. The Labute approximate surface area is 193 Å². The molecule has 3 aromatic rings. The van der Waals surface area contributed by atoms with Gasteiger partial charge in [0.25, 0.3) is 5.91 Å². The summed E-state index contributed by atoms with van der Waals surface area (Å²) in [6, 6.07) is 13.8. The van der Waals surface area contributed by atoms with Gasteiger partial charge >= 0.3 is 0 Å². The molecule has 0 radical (unpaired) electrons. The van der Waals surface area contributed by atoms with Gasteiger partial charge in [-0.2, -0.15) is 0 Å². The molecule has 1 atom stereocenters. The van der Waals surface area contributed by atoms with Crippen LogP contribution in [0.25, 0.3) is 10.9 Å². The van der Waals surface area contributed by atoms with E-state index in [4.69, 9.17) is 9.73 Å². The molecule has 5 nitrogen and oxygen atoms in total. The summed E-state index contributed by atoms with van der Waals surface area (Å²) < 4.78 is 5.52. The van der Waals surface area contributed by atoms with Crippen LogP contribution >= 0.6 is 11.8 Å². The SMILES string of the molecule is CCOc1ccc(N=C2SCCCN2C(=O)c2ccc3[nH]c4c(c3c2)C[C@@H](C)CC4)cc1. The third-order valence-corrected chi connectivity index (χ3v) is 7.35. The monoisotopic (exact) mass is 447 g/mol. The van der Waals surface area contributed by atoms with E-state index in [1.807, 2.05) is 42.2 Å². The first-order valence-electron chi connectivity index (χ1n) is 11.5. The van der Waals surface area contributed by atoms with Crippen molar-refractivity contribution in [3.8, 4) is 5.75 Å². The number of rotatable bonds is 4. The number of aliphatic imine (C=N–C) groups is 1. The van der Waals surface area contributed by atoms with Gasteiger partial charge in [-0.25, -0.2) is 4.99 Å². The maximum Gasteiger partial charge on any atom is 0.259 e. The smallest absolute Gasteiger partial charge is 0.259 e. The van der Waals surface area contributed by atoms with Crippen molar-refractivity contribution < 1.29 is 9.53 Å². The van der Waals surface area contributed by atoms with Crippen molar-refractivity contribution in [2.45, 2.75) is 39.5 Å². The Hall–Kier alpha value is -2.73. The van der Waals surface area contributed by atoms with Crippen LogP contribution in [0.4, 0.5) is 5.69 Å². The molecular weight excluding hydrogens is 418 g/mol. The van der Waals surface area contributed by atoms with Crippen molar-refractivity contribution in [2.75, 3.05) is 18.9 Å². The molecule has 1 aliphatic heterocycles. The van der Waals surface area contributed by atoms with E-state index in [2.05, 4.69) is 24.0 Å². The summed E-state index contributed by atoms with van der Waals surface area (Å²) in [6.45, 7) is 5.62. The Bertz CT molecular complexity index is 1170. The van der Waals surface area contributed by atoms with Gasteiger partial charge in [-0.3, -0.25) is 9.69 Å². The Balaban J connectivity index is 1.44. The fraction of sp³-hybridized carbons (Fsp3) is 0.385. The minimum atomic E-state index is 0.0302. The summed E-state index contributed by atoms with van der Waals surface area (Å²) in [5, 5.41) is 1.97. The van der Waals surface area contributed by atoms with E-state index in [0.29, 0.717) is 19.1 Å². The van der Waals surface area contributed by atoms with Gasteiger partial charge in [-0.05, 0) is 86.6 Å². The number of hydrogen-bond acceptors (Lipinski definition) is 4. The molecule has 1 aromatic heterocycles. The number of hydrogen-bond donors (Lipinski definition) is 1. The van der Waals surface area contributed by atoms with Gasteiger partial charge in [0.2, 0.25) is 0 Å². The molecule has 0 bridgehead atoms. The van der Waals surface area contributed by atoms with Gasteiger partial charge in [0.15, 0.2) is 5.17 Å². The van der Waals surface area contributed by atoms with Crippen molar-refractivity contribution >= 4 is 39.4 Å². The zero-order chi connectivity index (χ0) is 22.1. The zero-order valence-electron chi connectivity index (χ0n) is 18.7. The number of aromatic nitrogens is 1. The summed E-state index contributed by atoms with van der Waals surface area (Å²) in [4.78, 5) is 23.8. The first kappa shape index (κ1) is 21.1. The number of carbonyl (C=O) groups is 1. The van der Waals surface area contributed by atoms with Gasteiger partial charge in [-0.15, -0.1) is 0 Å². The lowest BCUT2D eigenvalue weighted by Crippen LogP contribution is -2.39. The number of benzene rings is 2. The van der Waals surface area contributed by atoms with E-state index >= 15 is 0 Å². The molecule has 6 heteroatoms. The van der Waals surface area contributed by atoms with E-state index < -0.39 is 0 Å². The Morgan fingerprint density at radius 2 is 2.09 bits per heavy atom. The van der Waals surface area contributed by atoms with Crippen LogP contribution < -0.4 is 4.74 Å². The van der Waals surface area contributed by atoms with Crippen LogP contribution in [0.3, 0.4) is 0 Å². The van der Waals surface area contributed by atoms with Crippen LogP contribution in [0, 0.1) is 5.92 Å². The van der Waals surface area contributed by atoms with Crippen molar-refractivity contribution in [3.63, 3.8) is 0 Å². The number of carbonyl (C=O) groups excluding carboxylic acids is 1. The molecule has 1 aliphatic carbocycles. The second kappa shape index (κ2) is 9.02. The highest BCUT2D eigenvalue weighted by Gasteiger charge is 2.26. The number of aromatic amines is 1. The van der Waals surface area contributed by atoms with Crippen LogP contribution in [0.1, 0.15) is 48.3 Å². The molecule has 32 heavy (non-hydrogen) atoms. The molecule has 0 saturated carbocycles. The Morgan fingerprint density at radius 1 is 1.25 bits per heavy atom. The lowest BCUT2D eigenvalue weighted by molar-refractivity contribution is 0.0849. The van der Waals surface area contributed by atoms with E-state index in [0.717, 1.165) is 52.7 Å². The van der Waals surface area contributed by atoms with Crippen molar-refractivity contribution in [3.05, 3.63) is 59.3 Å². The van der Waals surface area contributed by atoms with Crippen molar-refractivity contribution in [1.29, 1.82) is 0 Å². The van der Waals surface area contributed by atoms with E-state index in [1.54, 1.807) is 11.8 Å². The number of ether oxygens (including phenoxy) is 1. The van der Waals surface area contributed by atoms with Crippen molar-refractivity contribution in [2.24, 2.45) is 10.9 Å². The molecule has 0 spiro atoms. The molecule has 5 rings (SSSR count). The van der Waals surface area contributed by atoms with Crippen LogP contribution in [0.2, 0.25) is 0 Å². The highest BCUT2D eigenvalue weighted by molar-refractivity contribution is 8.13. The van der Waals surface area contributed by atoms with Crippen LogP contribution in [-0.4, -0.2) is 39.9 Å². The lowest BCUT2D eigenvalue weighted by atomic mass is 9.87. The molecule has 1 N–H and O–H groups in total. The van der Waals surface area contributed by atoms with Gasteiger partial charge in [0.1, 0.15) is 5.75 Å². The van der Waals surface area contributed by atoms with Crippen LogP contribution in [0.5, 0.6) is 5.75 Å². The van der Waals surface area contributed by atoms with Gasteiger partial charge in [0, 0.05) is 34.5 Å². The average molecular weight is 448 g/mol. The van der Waals surface area contributed by atoms with Gasteiger partial charge in [0.05, 0.1) is 12.3 Å². The first-order valence-corrected chi connectivity index (χ1v) is 12.5. The number of aryl methyl sites for hydroxylation is 1. The van der Waals surface area contributed by atoms with E-state index in [9.17, 15) is 4.79 Å². The molecular formula is C26H29N3O2S. The Kier molecular flexibility index (Phi) is 5.96. The first-order chi connectivity index (χ1) is 15.6. The quantitative estimate of drug-likeness (QED) is 0.537. The second-order valence-corrected chi connectivity index (χ2v) is 9.73. The van der Waals surface area contributed by atoms with Crippen molar-refractivity contribution in [1.82, 2.24) is 9.88 Å². The van der Waals surface area contributed by atoms with Crippen LogP contribution in [0.15, 0.2) is 47.5 Å². The average Bonchev–Trinajstić information content (AvgIpc) is 3.17. The molecule has 2 aliphatic rings. The van der Waals surface area contributed by atoms with E-state index in [-0.39, 0.29) is 5.91 Å². The normalized spacial score (nSPS) is 19.9. The fourth-order valence-corrected chi connectivity index (χ4v) is 5.57. The number of amides is 1. The minimum absolute atomic E-state index is 0.0302. The Morgan fingerprint density at radius 3 is 2.91 bits per heavy atom. The minimum Gasteiger partial charge on any atom is -0.494 e. The maximum absolute atomic E-state index is 13.5. The number of nitrogens with zero attached hydrogens (tertiary/aromatic N) is 2. The number of amidine groups is 1. The maximum atomic E-state index is 13.5. The fourth-order valence-electron chi connectivity index (χ4n) is 4.61. The molecule has 1 fully saturated rings. The molecule has 166 valence electrons. The topological polar surface area (TPSA) is 57.7 Å². The number of H-pyrrole nitrogens is 1. The van der Waals surface area contributed by atoms with Crippen LogP contribution in [-0.2, 0) is 12.8 Å². The molecule has 2 heterocycles. The van der Waals surface area contributed by atoms with Gasteiger partial charge < -0.3 is 9.72 Å². The summed E-state index contributed by atoms with van der Waals surface area (Å²) >= 11 is 1.65. The molecule has 1 amide bonds. The lowest BCUT2D eigenvalue weighted by Gasteiger charge is -2.28. The third kappa shape index (κ3) is 4.16. The number of thioether (sulfide) groups is 1. The standard InChI is InChI=1S/C26H29N3O2S/c1-3-31-20-9-7-19(8-10-20)27-26-29(13-4-14-32-26)25(30)18-6-12-24-22(16-18)21-15-17(2)5-11-23(21)28-24/h6-10,12,16-17,28H,3-5,11,13-15H2,1-2H3/t17-/m0/s1. The summed E-state index contributed by atoms with van der Waals surface area (Å²) in [7, 11) is 0. The second-order valence-electron chi connectivity index (χ2n) is 8.67. The predicted molar refractivity (Wildman–Crippen MR) is 132 cm³/mol. The number of fused-ring (bicyclic) bond motifs is 3. The summed E-state index contributed by atoms with van der Waals surface area (Å²) in [5.41, 5.74) is 5.44. The molecule has 1 saturated heterocycles. The molecule has 0 unspecified atom stereocenters. The highest BCUT2D eigenvalue weighted by Crippen LogP contribution is 2.33. The predicted octanol–water partition coefficient (Wildman–Crippen LogP) is 5.96. The zero-order valence-corrected chi connectivity index (χ0v) is 19.5. The highest BCUT2D eigenvalue weighted by atomic mass is 32.2. The number of nitrogens with one attached hydrogen (secondary N) is 1.